The highest BCUT2D eigenvalue weighted by Crippen LogP contribution is 2.10. The van der Waals surface area contributed by atoms with Gasteiger partial charge in [-0.25, -0.2) is 0 Å². The van der Waals surface area contributed by atoms with E-state index < -0.39 is 0 Å². The van der Waals surface area contributed by atoms with Gasteiger partial charge in [0, 0.05) is 18.5 Å². The van der Waals surface area contributed by atoms with E-state index >= 15 is 0 Å². The molecule has 0 atom stereocenters. The molecule has 0 aliphatic rings. The van der Waals surface area contributed by atoms with E-state index in [1.165, 1.54) is 0 Å². The average molecular weight is 164 g/mol. The van der Waals surface area contributed by atoms with E-state index in [4.69, 9.17) is 10.2 Å². The zero-order chi connectivity index (χ0) is 7.82. The lowest BCUT2D eigenvalue weighted by atomic mass is 10.1. The summed E-state index contributed by atoms with van der Waals surface area (Å²) >= 11 is 4.28. The first kappa shape index (κ1) is 10.3. The van der Waals surface area contributed by atoms with Crippen molar-refractivity contribution < 1.29 is 10.2 Å². The van der Waals surface area contributed by atoms with E-state index in [1.807, 2.05) is 0 Å². The summed E-state index contributed by atoms with van der Waals surface area (Å²) in [5.41, 5.74) is 0. The van der Waals surface area contributed by atoms with Crippen LogP contribution in [0.25, 0.3) is 0 Å². The minimum atomic E-state index is 0.246. The summed E-state index contributed by atoms with van der Waals surface area (Å²) in [5.74, 6) is 0. The van der Waals surface area contributed by atoms with E-state index in [-0.39, 0.29) is 13.2 Å². The smallest absolute Gasteiger partial charge is 0.0431 e. The van der Waals surface area contributed by atoms with E-state index in [1.54, 1.807) is 0 Å². The van der Waals surface area contributed by atoms with Crippen LogP contribution in [0.5, 0.6) is 0 Å². The second kappa shape index (κ2) is 7.38. The van der Waals surface area contributed by atoms with Crippen LogP contribution in [0.15, 0.2) is 0 Å². The van der Waals surface area contributed by atoms with Crippen LogP contribution in [-0.2, 0) is 0 Å². The molecule has 0 saturated heterocycles. The fourth-order valence-electron chi connectivity index (χ4n) is 0.798. The first-order chi connectivity index (χ1) is 4.81. The summed E-state index contributed by atoms with van der Waals surface area (Å²) in [7, 11) is 0. The van der Waals surface area contributed by atoms with Crippen molar-refractivity contribution in [2.24, 2.45) is 0 Å². The number of hydrogen-bond acceptors (Lipinski definition) is 3. The molecule has 0 rings (SSSR count). The molecule has 0 fully saturated rings. The third-order valence-electron chi connectivity index (χ3n) is 1.39. The van der Waals surface area contributed by atoms with Crippen LogP contribution in [0, 0.1) is 0 Å². The topological polar surface area (TPSA) is 40.5 Å². The van der Waals surface area contributed by atoms with Gasteiger partial charge in [-0.15, -0.1) is 0 Å². The SMILES string of the molecule is OCCCC(S)CCCO. The van der Waals surface area contributed by atoms with Gasteiger partial charge in [-0.05, 0) is 25.7 Å². The number of hydrogen-bond donors (Lipinski definition) is 3. The van der Waals surface area contributed by atoms with Crippen molar-refractivity contribution in [1.29, 1.82) is 0 Å². The molecule has 2 N–H and O–H groups in total. The molecule has 2 nitrogen and oxygen atoms in total. The fraction of sp³-hybridized carbons (Fsp3) is 1.00. The van der Waals surface area contributed by atoms with Gasteiger partial charge in [-0.1, -0.05) is 0 Å². The van der Waals surface area contributed by atoms with Crippen LogP contribution < -0.4 is 0 Å². The molecule has 0 aliphatic heterocycles. The molecule has 0 amide bonds. The van der Waals surface area contributed by atoms with Gasteiger partial charge in [0.1, 0.15) is 0 Å². The molecule has 62 valence electrons. The van der Waals surface area contributed by atoms with E-state index in [0.29, 0.717) is 5.25 Å². The largest absolute Gasteiger partial charge is 0.396 e. The minimum absolute atomic E-state index is 0.246. The van der Waals surface area contributed by atoms with Gasteiger partial charge in [0.05, 0.1) is 0 Å². The van der Waals surface area contributed by atoms with Crippen molar-refractivity contribution in [2.75, 3.05) is 13.2 Å². The number of aliphatic hydroxyl groups excluding tert-OH is 2. The van der Waals surface area contributed by atoms with Gasteiger partial charge < -0.3 is 10.2 Å². The molecule has 0 heterocycles. The van der Waals surface area contributed by atoms with Crippen molar-refractivity contribution in [3.8, 4) is 0 Å². The lowest BCUT2D eigenvalue weighted by Gasteiger charge is -2.07. The second-order valence-electron chi connectivity index (χ2n) is 2.39. The van der Waals surface area contributed by atoms with Gasteiger partial charge >= 0.3 is 0 Å². The van der Waals surface area contributed by atoms with Crippen LogP contribution >= 0.6 is 12.6 Å². The Morgan fingerprint density at radius 2 is 1.40 bits per heavy atom. The molecule has 10 heavy (non-hydrogen) atoms. The molecule has 0 unspecified atom stereocenters. The summed E-state index contributed by atoms with van der Waals surface area (Å²) in [5, 5.41) is 17.3. The maximum atomic E-state index is 8.46. The maximum Gasteiger partial charge on any atom is 0.0431 e. The van der Waals surface area contributed by atoms with Crippen molar-refractivity contribution in [2.45, 2.75) is 30.9 Å². The van der Waals surface area contributed by atoms with Crippen molar-refractivity contribution in [1.82, 2.24) is 0 Å². The van der Waals surface area contributed by atoms with E-state index in [2.05, 4.69) is 12.6 Å². The summed E-state index contributed by atoms with van der Waals surface area (Å²) in [6.45, 7) is 0.492. The molecular formula is C7H16O2S. The monoisotopic (exact) mass is 164 g/mol. The van der Waals surface area contributed by atoms with Crippen molar-refractivity contribution >= 4 is 12.6 Å². The Bertz CT molecular complexity index is 60.6. The molecule has 0 aliphatic carbocycles. The Morgan fingerprint density at radius 1 is 1.00 bits per heavy atom. The first-order valence-corrected chi connectivity index (χ1v) is 4.22. The Hall–Kier alpha value is 0.270. The van der Waals surface area contributed by atoms with Gasteiger partial charge in [0.2, 0.25) is 0 Å². The van der Waals surface area contributed by atoms with Crippen LogP contribution in [0.4, 0.5) is 0 Å². The van der Waals surface area contributed by atoms with Crippen LogP contribution in [0.2, 0.25) is 0 Å². The van der Waals surface area contributed by atoms with Crippen molar-refractivity contribution in [3.05, 3.63) is 0 Å². The Kier molecular flexibility index (Phi) is 7.58. The minimum Gasteiger partial charge on any atom is -0.396 e. The molecule has 0 bridgehead atoms. The zero-order valence-corrected chi connectivity index (χ0v) is 7.06. The summed E-state index contributed by atoms with van der Waals surface area (Å²) < 4.78 is 0. The van der Waals surface area contributed by atoms with Crippen LogP contribution in [-0.4, -0.2) is 28.7 Å². The number of rotatable bonds is 6. The molecule has 3 heteroatoms. The number of aliphatic hydroxyl groups is 2. The maximum absolute atomic E-state index is 8.46. The quantitative estimate of drug-likeness (QED) is 0.509. The highest BCUT2D eigenvalue weighted by molar-refractivity contribution is 7.80. The van der Waals surface area contributed by atoms with Gasteiger partial charge in [-0.3, -0.25) is 0 Å². The Labute approximate surface area is 67.7 Å². The first-order valence-electron chi connectivity index (χ1n) is 3.71. The summed E-state index contributed by atoms with van der Waals surface area (Å²) in [4.78, 5) is 0. The summed E-state index contributed by atoms with van der Waals surface area (Å²) in [6, 6.07) is 0. The predicted octanol–water partition coefficient (Wildman–Crippen LogP) is 0.830. The molecule has 0 aromatic carbocycles. The lowest BCUT2D eigenvalue weighted by Crippen LogP contribution is -2.01. The van der Waals surface area contributed by atoms with Crippen LogP contribution in [0.1, 0.15) is 25.7 Å². The normalized spacial score (nSPS) is 10.8. The number of thiol groups is 1. The summed E-state index contributed by atoms with van der Waals surface area (Å²) in [6.07, 6.45) is 3.53. The lowest BCUT2D eigenvalue weighted by molar-refractivity contribution is 0.273. The zero-order valence-electron chi connectivity index (χ0n) is 6.16. The predicted molar refractivity (Wildman–Crippen MR) is 45.4 cm³/mol. The average Bonchev–Trinajstić information content (AvgIpc) is 1.97. The van der Waals surface area contributed by atoms with Gasteiger partial charge in [-0.2, -0.15) is 12.6 Å². The van der Waals surface area contributed by atoms with E-state index in [9.17, 15) is 0 Å². The van der Waals surface area contributed by atoms with Gasteiger partial charge in [0.15, 0.2) is 0 Å². The molecule has 0 radical (unpaired) electrons. The Balaban J connectivity index is 3.00. The molecule has 0 aromatic rings. The molecule has 0 aromatic heterocycles. The molecule has 0 spiro atoms. The Morgan fingerprint density at radius 3 is 1.70 bits per heavy atom. The van der Waals surface area contributed by atoms with Crippen molar-refractivity contribution in [3.63, 3.8) is 0 Å². The standard InChI is InChI=1S/C7H16O2S/c8-5-1-3-7(10)4-2-6-9/h7-10H,1-6H2. The van der Waals surface area contributed by atoms with E-state index in [0.717, 1.165) is 25.7 Å². The second-order valence-corrected chi connectivity index (χ2v) is 3.12. The highest BCUT2D eigenvalue weighted by Gasteiger charge is 2.00. The third kappa shape index (κ3) is 6.39. The van der Waals surface area contributed by atoms with Gasteiger partial charge in [0.25, 0.3) is 0 Å². The third-order valence-corrected chi connectivity index (χ3v) is 1.91. The molecular weight excluding hydrogens is 148 g/mol. The van der Waals surface area contributed by atoms with Crippen LogP contribution in [0.3, 0.4) is 0 Å². The highest BCUT2D eigenvalue weighted by atomic mass is 32.1. The molecule has 0 saturated carbocycles. The fourth-order valence-corrected chi connectivity index (χ4v) is 1.16.